The van der Waals surface area contributed by atoms with Gasteiger partial charge in [0.1, 0.15) is 15.7 Å². The summed E-state index contributed by atoms with van der Waals surface area (Å²) in [6.07, 6.45) is 0. The maximum absolute atomic E-state index is 12.8. The fourth-order valence-corrected chi connectivity index (χ4v) is 7.14. The van der Waals surface area contributed by atoms with Gasteiger partial charge in [0.2, 0.25) is 0 Å². The minimum absolute atomic E-state index is 0.240. The van der Waals surface area contributed by atoms with E-state index in [-0.39, 0.29) is 5.75 Å². The third-order valence-electron chi connectivity index (χ3n) is 5.17. The second-order valence-electron chi connectivity index (χ2n) is 6.89. The lowest BCUT2D eigenvalue weighted by atomic mass is 10.0. The van der Waals surface area contributed by atoms with Gasteiger partial charge >= 0.3 is 0 Å². The molecule has 1 aliphatic rings. The van der Waals surface area contributed by atoms with Crippen LogP contribution in [0.15, 0.2) is 50.5 Å². The van der Waals surface area contributed by atoms with Gasteiger partial charge in [-0.3, -0.25) is 4.90 Å². The molecule has 0 bridgehead atoms. The highest BCUT2D eigenvalue weighted by molar-refractivity contribution is 9.11. The molecule has 1 saturated heterocycles. The predicted octanol–water partition coefficient (Wildman–Crippen LogP) is 3.88. The Morgan fingerprint density at radius 1 is 1.10 bits per heavy atom. The number of phenols is 1. The highest BCUT2D eigenvalue weighted by atomic mass is 79.9. The molecule has 6 nitrogen and oxygen atoms in total. The molecule has 1 aliphatic heterocycles. The Hall–Kier alpha value is -1.65. The van der Waals surface area contributed by atoms with Crippen LogP contribution >= 0.6 is 27.3 Å². The summed E-state index contributed by atoms with van der Waals surface area (Å²) in [7, 11) is -1.84. The van der Waals surface area contributed by atoms with Crippen molar-refractivity contribution in [2.24, 2.45) is 0 Å². The SMILES string of the molecule is COc1ccc2ccc(O)c(CN3CCN(S(=O)(=O)c4ccc(Br)s4)CC3)c2c1. The van der Waals surface area contributed by atoms with E-state index in [2.05, 4.69) is 20.8 Å². The number of aromatic hydroxyl groups is 1. The van der Waals surface area contributed by atoms with Crippen LogP contribution in [0.3, 0.4) is 0 Å². The fraction of sp³-hybridized carbons (Fsp3) is 0.300. The number of ether oxygens (including phenoxy) is 1. The van der Waals surface area contributed by atoms with Gasteiger partial charge in [-0.25, -0.2) is 8.42 Å². The van der Waals surface area contributed by atoms with E-state index in [0.29, 0.717) is 36.9 Å². The number of fused-ring (bicyclic) bond motifs is 1. The van der Waals surface area contributed by atoms with Gasteiger partial charge in [0, 0.05) is 38.3 Å². The Bertz CT molecular complexity index is 1140. The van der Waals surface area contributed by atoms with Crippen molar-refractivity contribution >= 4 is 48.1 Å². The second-order valence-corrected chi connectivity index (χ2v) is 11.5. The number of hydrogen-bond donors (Lipinski definition) is 1. The second kappa shape index (κ2) is 8.23. The van der Waals surface area contributed by atoms with Crippen molar-refractivity contribution in [3.63, 3.8) is 0 Å². The number of phenolic OH excluding ortho intramolecular Hbond substituents is 1. The molecule has 0 aliphatic carbocycles. The highest BCUT2D eigenvalue weighted by Crippen LogP contribution is 2.32. The summed E-state index contributed by atoms with van der Waals surface area (Å²) in [5, 5.41) is 12.4. The Kier molecular flexibility index (Phi) is 5.85. The summed E-state index contributed by atoms with van der Waals surface area (Å²) in [6.45, 7) is 2.60. The molecule has 29 heavy (non-hydrogen) atoms. The van der Waals surface area contributed by atoms with E-state index in [9.17, 15) is 13.5 Å². The van der Waals surface area contributed by atoms with E-state index in [1.54, 1.807) is 25.3 Å². The molecule has 0 atom stereocenters. The molecule has 4 rings (SSSR count). The summed E-state index contributed by atoms with van der Waals surface area (Å²) in [5.74, 6) is 0.978. The third kappa shape index (κ3) is 4.15. The Labute approximate surface area is 182 Å². The van der Waals surface area contributed by atoms with Crippen LogP contribution in [0.5, 0.6) is 11.5 Å². The number of benzene rings is 2. The van der Waals surface area contributed by atoms with Crippen molar-refractivity contribution in [3.8, 4) is 11.5 Å². The average molecular weight is 497 g/mol. The van der Waals surface area contributed by atoms with Crippen LogP contribution in [0.4, 0.5) is 0 Å². The topological polar surface area (TPSA) is 70.1 Å². The minimum atomic E-state index is -3.46. The van der Waals surface area contributed by atoms with Gasteiger partial charge in [0.05, 0.1) is 10.9 Å². The van der Waals surface area contributed by atoms with Crippen LogP contribution in [0.2, 0.25) is 0 Å². The molecule has 1 N–H and O–H groups in total. The molecule has 0 unspecified atom stereocenters. The smallest absolute Gasteiger partial charge is 0.252 e. The highest BCUT2D eigenvalue weighted by Gasteiger charge is 2.30. The van der Waals surface area contributed by atoms with Crippen molar-refractivity contribution in [1.82, 2.24) is 9.21 Å². The van der Waals surface area contributed by atoms with Crippen LogP contribution in [0.25, 0.3) is 10.8 Å². The predicted molar refractivity (Wildman–Crippen MR) is 118 cm³/mol. The van der Waals surface area contributed by atoms with Gasteiger partial charge in [0.25, 0.3) is 10.0 Å². The lowest BCUT2D eigenvalue weighted by Crippen LogP contribution is -2.48. The average Bonchev–Trinajstić information content (AvgIpc) is 3.17. The zero-order valence-corrected chi connectivity index (χ0v) is 19.1. The van der Waals surface area contributed by atoms with Crippen LogP contribution in [-0.2, 0) is 16.6 Å². The molecule has 1 fully saturated rings. The van der Waals surface area contributed by atoms with Crippen molar-refractivity contribution in [1.29, 1.82) is 0 Å². The van der Waals surface area contributed by atoms with Crippen molar-refractivity contribution in [2.45, 2.75) is 10.8 Å². The number of thiophene rings is 1. The zero-order chi connectivity index (χ0) is 20.6. The Morgan fingerprint density at radius 3 is 2.48 bits per heavy atom. The summed E-state index contributed by atoms with van der Waals surface area (Å²) >= 11 is 4.55. The van der Waals surface area contributed by atoms with Gasteiger partial charge in [-0.1, -0.05) is 12.1 Å². The number of piperazine rings is 1. The first kappa shape index (κ1) is 20.6. The normalized spacial score (nSPS) is 16.3. The molecule has 0 radical (unpaired) electrons. The molecule has 9 heteroatoms. The van der Waals surface area contributed by atoms with Gasteiger partial charge in [-0.15, -0.1) is 11.3 Å². The minimum Gasteiger partial charge on any atom is -0.508 e. The quantitative estimate of drug-likeness (QED) is 0.580. The molecule has 2 aromatic carbocycles. The molecule has 0 saturated carbocycles. The van der Waals surface area contributed by atoms with E-state index < -0.39 is 10.0 Å². The largest absolute Gasteiger partial charge is 0.508 e. The van der Waals surface area contributed by atoms with Crippen molar-refractivity contribution in [3.05, 3.63) is 51.8 Å². The number of methoxy groups -OCH3 is 1. The first-order valence-corrected chi connectivity index (χ1v) is 12.2. The standard InChI is InChI=1S/C20H21BrN2O4S2/c1-27-15-4-2-14-3-5-18(24)17(16(14)12-15)13-22-8-10-23(11-9-22)29(25,26)20-7-6-19(21)28-20/h2-7,12,24H,8-11,13H2,1H3. The summed E-state index contributed by atoms with van der Waals surface area (Å²) in [6, 6.07) is 12.8. The lowest BCUT2D eigenvalue weighted by molar-refractivity contribution is 0.181. The maximum Gasteiger partial charge on any atom is 0.252 e. The maximum atomic E-state index is 12.8. The monoisotopic (exact) mass is 496 g/mol. The summed E-state index contributed by atoms with van der Waals surface area (Å²) in [4.78, 5) is 2.17. The molecule has 2 heterocycles. The molecule has 0 spiro atoms. The van der Waals surface area contributed by atoms with Gasteiger partial charge in [0.15, 0.2) is 0 Å². The molecule has 0 amide bonds. The zero-order valence-electron chi connectivity index (χ0n) is 15.8. The molecule has 154 valence electrons. The number of rotatable bonds is 5. The number of nitrogens with zero attached hydrogens (tertiary/aromatic N) is 2. The van der Waals surface area contributed by atoms with Crippen molar-refractivity contribution < 1.29 is 18.3 Å². The van der Waals surface area contributed by atoms with Crippen LogP contribution < -0.4 is 4.74 Å². The van der Waals surface area contributed by atoms with E-state index in [1.807, 2.05) is 24.3 Å². The fourth-order valence-electron chi connectivity index (χ4n) is 3.56. The van der Waals surface area contributed by atoms with Crippen LogP contribution in [-0.4, -0.2) is 56.0 Å². The Morgan fingerprint density at radius 2 is 1.83 bits per heavy atom. The Balaban J connectivity index is 1.51. The molecule has 1 aromatic heterocycles. The third-order valence-corrected chi connectivity index (χ3v) is 9.16. The first-order chi connectivity index (χ1) is 13.9. The molecule has 3 aromatic rings. The first-order valence-electron chi connectivity index (χ1n) is 9.15. The molecular formula is C20H21BrN2O4S2. The van der Waals surface area contributed by atoms with E-state index >= 15 is 0 Å². The number of hydrogen-bond acceptors (Lipinski definition) is 6. The number of halogens is 1. The van der Waals surface area contributed by atoms with E-state index in [0.717, 1.165) is 25.9 Å². The van der Waals surface area contributed by atoms with E-state index in [4.69, 9.17) is 4.74 Å². The number of sulfonamides is 1. The van der Waals surface area contributed by atoms with Crippen LogP contribution in [0.1, 0.15) is 5.56 Å². The summed E-state index contributed by atoms with van der Waals surface area (Å²) < 4.78 is 33.6. The van der Waals surface area contributed by atoms with Crippen molar-refractivity contribution in [2.75, 3.05) is 33.3 Å². The molecular weight excluding hydrogens is 476 g/mol. The lowest BCUT2D eigenvalue weighted by Gasteiger charge is -2.34. The van der Waals surface area contributed by atoms with E-state index in [1.165, 1.54) is 15.6 Å². The van der Waals surface area contributed by atoms with Gasteiger partial charge in [-0.2, -0.15) is 4.31 Å². The van der Waals surface area contributed by atoms with Gasteiger partial charge in [-0.05, 0) is 57.0 Å². The van der Waals surface area contributed by atoms with Crippen LogP contribution in [0, 0.1) is 0 Å². The van der Waals surface area contributed by atoms with Gasteiger partial charge < -0.3 is 9.84 Å². The summed E-state index contributed by atoms with van der Waals surface area (Å²) in [5.41, 5.74) is 0.833.